The molecule has 1 aromatic rings. The molecule has 1 aromatic heterocycles. The van der Waals surface area contributed by atoms with Crippen molar-refractivity contribution in [2.24, 2.45) is 0 Å². The number of carbonyl (C=O) groups is 1. The van der Waals surface area contributed by atoms with Crippen molar-refractivity contribution in [1.82, 2.24) is 4.90 Å². The summed E-state index contributed by atoms with van der Waals surface area (Å²) in [6.45, 7) is 2.07. The first-order valence-corrected chi connectivity index (χ1v) is 5.42. The highest BCUT2D eigenvalue weighted by Crippen LogP contribution is 2.25. The van der Waals surface area contributed by atoms with E-state index in [4.69, 9.17) is 0 Å². The van der Waals surface area contributed by atoms with Gasteiger partial charge in [-0.05, 0) is 42.9 Å². The molecule has 0 spiro atoms. The quantitative estimate of drug-likeness (QED) is 0.638. The maximum atomic E-state index is 10.8. The van der Waals surface area contributed by atoms with Gasteiger partial charge in [0, 0.05) is 6.54 Å². The summed E-state index contributed by atoms with van der Waals surface area (Å²) < 4.78 is 0. The van der Waals surface area contributed by atoms with Crippen LogP contribution in [0.5, 0.6) is 0 Å². The van der Waals surface area contributed by atoms with Crippen molar-refractivity contribution in [2.75, 3.05) is 13.6 Å². The maximum Gasteiger partial charge on any atom is 0.160 e. The fourth-order valence-corrected chi connectivity index (χ4v) is 2.73. The summed E-state index contributed by atoms with van der Waals surface area (Å²) in [4.78, 5) is 14.0. The van der Waals surface area contributed by atoms with Crippen LogP contribution in [-0.2, 0) is 13.0 Å². The van der Waals surface area contributed by atoms with Gasteiger partial charge in [0.15, 0.2) is 6.29 Å². The van der Waals surface area contributed by atoms with Crippen molar-refractivity contribution in [2.45, 2.75) is 19.4 Å². The second-order valence-corrected chi connectivity index (χ2v) is 4.47. The molecule has 0 radical (unpaired) electrons. The number of aldehydes is 1. The molecule has 0 bridgehead atoms. The van der Waals surface area contributed by atoms with E-state index in [0.29, 0.717) is 0 Å². The summed E-state index contributed by atoms with van der Waals surface area (Å²) in [6.07, 6.45) is 3.32. The van der Waals surface area contributed by atoms with Crippen LogP contribution >= 0.6 is 11.3 Å². The minimum atomic E-state index is 0.920. The number of hydrogen-bond acceptors (Lipinski definition) is 3. The van der Waals surface area contributed by atoms with E-state index in [1.165, 1.54) is 17.5 Å². The lowest BCUT2D eigenvalue weighted by atomic mass is 10.1. The zero-order chi connectivity index (χ0) is 9.26. The van der Waals surface area contributed by atoms with Crippen LogP contribution in [-0.4, -0.2) is 24.8 Å². The summed E-state index contributed by atoms with van der Waals surface area (Å²) in [5.41, 5.74) is 2.65. The number of fused-ring (bicyclic) bond motifs is 1. The molecule has 0 aromatic carbocycles. The van der Waals surface area contributed by atoms with Crippen molar-refractivity contribution in [3.05, 3.63) is 21.4 Å². The first-order valence-electron chi connectivity index (χ1n) is 4.54. The Labute approximate surface area is 82.2 Å². The van der Waals surface area contributed by atoms with Crippen LogP contribution in [0.2, 0.25) is 0 Å². The van der Waals surface area contributed by atoms with Gasteiger partial charge >= 0.3 is 0 Å². The molecular weight excluding hydrogens is 182 g/mol. The van der Waals surface area contributed by atoms with Crippen LogP contribution in [0.4, 0.5) is 0 Å². The molecule has 0 amide bonds. The van der Waals surface area contributed by atoms with Crippen LogP contribution in [0.3, 0.4) is 0 Å². The molecule has 70 valence electrons. The minimum Gasteiger partial charge on any atom is -0.302 e. The van der Waals surface area contributed by atoms with Crippen molar-refractivity contribution in [3.63, 3.8) is 0 Å². The molecule has 2 rings (SSSR count). The molecule has 0 aliphatic carbocycles. The summed E-state index contributed by atoms with van der Waals surface area (Å²) in [5.74, 6) is 0. The first-order chi connectivity index (χ1) is 6.31. The maximum absolute atomic E-state index is 10.8. The van der Waals surface area contributed by atoms with Crippen LogP contribution < -0.4 is 0 Å². The molecule has 0 saturated heterocycles. The highest BCUT2D eigenvalue weighted by molar-refractivity contribution is 7.12. The van der Waals surface area contributed by atoms with Crippen molar-refractivity contribution >= 4 is 17.6 Å². The van der Waals surface area contributed by atoms with E-state index in [1.807, 2.05) is 0 Å². The number of aryl methyl sites for hydroxylation is 1. The third-order valence-electron chi connectivity index (χ3n) is 2.53. The van der Waals surface area contributed by atoms with E-state index in [1.54, 1.807) is 11.3 Å². The van der Waals surface area contributed by atoms with Gasteiger partial charge in [0.25, 0.3) is 0 Å². The Bertz CT molecular complexity index is 319. The SMILES string of the molecule is CN1CCCc2csc(C=O)c2C1. The molecule has 1 aliphatic heterocycles. The van der Waals surface area contributed by atoms with E-state index in [2.05, 4.69) is 17.3 Å². The monoisotopic (exact) mass is 195 g/mol. The fourth-order valence-electron chi connectivity index (χ4n) is 1.81. The minimum absolute atomic E-state index is 0.920. The molecule has 0 N–H and O–H groups in total. The standard InChI is InChI=1S/C10H13NOS/c1-11-4-2-3-8-7-13-10(6-12)9(8)5-11/h6-7H,2-5H2,1H3. The van der Waals surface area contributed by atoms with Gasteiger partial charge in [0.1, 0.15) is 0 Å². The first kappa shape index (κ1) is 8.91. The molecule has 2 nitrogen and oxygen atoms in total. The van der Waals surface area contributed by atoms with Crippen molar-refractivity contribution in [3.8, 4) is 0 Å². The van der Waals surface area contributed by atoms with Crippen LogP contribution in [0.1, 0.15) is 27.2 Å². The molecule has 2 heterocycles. The summed E-state index contributed by atoms with van der Waals surface area (Å²) in [7, 11) is 2.11. The molecule has 1 aliphatic rings. The van der Waals surface area contributed by atoms with Crippen molar-refractivity contribution < 1.29 is 4.79 Å². The third kappa shape index (κ3) is 1.67. The Morgan fingerprint density at radius 1 is 1.62 bits per heavy atom. The largest absolute Gasteiger partial charge is 0.302 e. The average Bonchev–Trinajstić information content (AvgIpc) is 2.39. The fraction of sp³-hybridized carbons (Fsp3) is 0.500. The third-order valence-corrected chi connectivity index (χ3v) is 3.53. The van der Waals surface area contributed by atoms with E-state index in [-0.39, 0.29) is 0 Å². The van der Waals surface area contributed by atoms with E-state index < -0.39 is 0 Å². The number of thiophene rings is 1. The highest BCUT2D eigenvalue weighted by Gasteiger charge is 2.16. The molecular formula is C10H13NOS. The van der Waals surface area contributed by atoms with Gasteiger partial charge in [-0.1, -0.05) is 0 Å². The topological polar surface area (TPSA) is 20.3 Å². The van der Waals surface area contributed by atoms with Gasteiger partial charge in [-0.2, -0.15) is 0 Å². The average molecular weight is 195 g/mol. The number of hydrogen-bond donors (Lipinski definition) is 0. The zero-order valence-electron chi connectivity index (χ0n) is 7.75. The lowest BCUT2D eigenvalue weighted by molar-refractivity contribution is 0.112. The summed E-state index contributed by atoms with van der Waals surface area (Å²) in [5, 5.41) is 2.14. The number of nitrogens with zero attached hydrogens (tertiary/aromatic N) is 1. The highest BCUT2D eigenvalue weighted by atomic mass is 32.1. The summed E-state index contributed by atoms with van der Waals surface area (Å²) >= 11 is 1.58. The second-order valence-electron chi connectivity index (χ2n) is 3.56. The number of rotatable bonds is 1. The molecule has 3 heteroatoms. The predicted octanol–water partition coefficient (Wildman–Crippen LogP) is 1.94. The van der Waals surface area contributed by atoms with Crippen LogP contribution in [0.25, 0.3) is 0 Å². The molecule has 13 heavy (non-hydrogen) atoms. The van der Waals surface area contributed by atoms with Crippen LogP contribution in [0.15, 0.2) is 5.38 Å². The van der Waals surface area contributed by atoms with Gasteiger partial charge in [0.05, 0.1) is 4.88 Å². The Hall–Kier alpha value is -0.670. The van der Waals surface area contributed by atoms with E-state index in [9.17, 15) is 4.79 Å². The Morgan fingerprint density at radius 3 is 3.23 bits per heavy atom. The summed E-state index contributed by atoms with van der Waals surface area (Å²) in [6, 6.07) is 0. The Morgan fingerprint density at radius 2 is 2.46 bits per heavy atom. The molecule has 0 saturated carbocycles. The normalized spacial score (nSPS) is 17.9. The van der Waals surface area contributed by atoms with Gasteiger partial charge in [-0.3, -0.25) is 4.79 Å². The van der Waals surface area contributed by atoms with E-state index >= 15 is 0 Å². The van der Waals surface area contributed by atoms with Gasteiger partial charge in [-0.15, -0.1) is 11.3 Å². The van der Waals surface area contributed by atoms with Crippen molar-refractivity contribution in [1.29, 1.82) is 0 Å². The smallest absolute Gasteiger partial charge is 0.160 e. The van der Waals surface area contributed by atoms with Gasteiger partial charge < -0.3 is 4.90 Å². The lowest BCUT2D eigenvalue weighted by Crippen LogP contribution is -2.17. The molecule has 0 unspecified atom stereocenters. The second kappa shape index (κ2) is 3.60. The Balaban J connectivity index is 2.37. The lowest BCUT2D eigenvalue weighted by Gasteiger charge is -2.12. The Kier molecular flexibility index (Phi) is 2.47. The van der Waals surface area contributed by atoms with Gasteiger partial charge in [-0.25, -0.2) is 0 Å². The zero-order valence-corrected chi connectivity index (χ0v) is 8.56. The molecule has 0 atom stereocenters. The van der Waals surface area contributed by atoms with E-state index in [0.717, 1.165) is 30.7 Å². The predicted molar refractivity (Wildman–Crippen MR) is 54.4 cm³/mol. The van der Waals surface area contributed by atoms with Gasteiger partial charge in [0.2, 0.25) is 0 Å². The number of carbonyl (C=O) groups excluding carboxylic acids is 1. The molecule has 0 fully saturated rings. The van der Waals surface area contributed by atoms with Crippen LogP contribution in [0, 0.1) is 0 Å².